The van der Waals surface area contributed by atoms with Crippen LogP contribution in [0.3, 0.4) is 0 Å². The van der Waals surface area contributed by atoms with Gasteiger partial charge in [0.2, 0.25) is 0 Å². The zero-order valence-corrected chi connectivity index (χ0v) is 14.5. The van der Waals surface area contributed by atoms with Crippen molar-refractivity contribution in [2.75, 3.05) is 0 Å². The summed E-state index contributed by atoms with van der Waals surface area (Å²) >= 11 is 0. The van der Waals surface area contributed by atoms with Crippen molar-refractivity contribution in [3.63, 3.8) is 0 Å². The van der Waals surface area contributed by atoms with Gasteiger partial charge >= 0.3 is 5.97 Å². The van der Waals surface area contributed by atoms with Crippen molar-refractivity contribution in [1.82, 2.24) is 0 Å². The highest BCUT2D eigenvalue weighted by atomic mass is 16.6. The molecule has 0 amide bonds. The molecule has 0 saturated heterocycles. The number of esters is 1. The van der Waals surface area contributed by atoms with E-state index in [1.165, 1.54) is 32.1 Å². The van der Waals surface area contributed by atoms with Crippen LogP contribution in [0.1, 0.15) is 79.6 Å². The van der Waals surface area contributed by atoms with Gasteiger partial charge in [-0.15, -0.1) is 0 Å². The number of rotatable bonds is 4. The van der Waals surface area contributed by atoms with Crippen LogP contribution in [0.4, 0.5) is 0 Å². The molecule has 4 aliphatic carbocycles. The third-order valence-corrected chi connectivity index (χ3v) is 7.30. The number of hydrogen-bond acceptors (Lipinski definition) is 2. The van der Waals surface area contributed by atoms with Crippen molar-refractivity contribution >= 4 is 5.97 Å². The summed E-state index contributed by atoms with van der Waals surface area (Å²) in [7, 11) is 0. The second-order valence-electron chi connectivity index (χ2n) is 8.97. The topological polar surface area (TPSA) is 26.3 Å². The molecule has 0 aliphatic heterocycles. The van der Waals surface area contributed by atoms with Gasteiger partial charge in [-0.25, -0.2) is 0 Å². The van der Waals surface area contributed by atoms with E-state index in [1.54, 1.807) is 0 Å². The molecule has 120 valence electrons. The van der Waals surface area contributed by atoms with Crippen molar-refractivity contribution < 1.29 is 9.53 Å². The third-order valence-electron chi connectivity index (χ3n) is 7.30. The molecule has 0 heterocycles. The Hall–Kier alpha value is -0.530. The van der Waals surface area contributed by atoms with Crippen molar-refractivity contribution in [3.8, 4) is 0 Å². The molecule has 0 aromatic rings. The standard InChI is InChI=1S/C19H32O2/c1-6-17(3,4)16(20)21-19(7-2)15-9-13-8-14(10-15)12-18(19,5)11-13/h13-15H,6-12H2,1-5H3. The van der Waals surface area contributed by atoms with E-state index in [0.717, 1.165) is 24.7 Å². The Morgan fingerprint density at radius 1 is 1.14 bits per heavy atom. The highest BCUT2D eigenvalue weighted by Crippen LogP contribution is 2.66. The molecule has 0 aromatic heterocycles. The number of hydrogen-bond donors (Lipinski definition) is 0. The average Bonchev–Trinajstić information content (AvgIpc) is 2.41. The van der Waals surface area contributed by atoms with Gasteiger partial charge in [-0.2, -0.15) is 0 Å². The van der Waals surface area contributed by atoms with Crippen molar-refractivity contribution in [3.05, 3.63) is 0 Å². The monoisotopic (exact) mass is 292 g/mol. The molecular formula is C19H32O2. The number of carbonyl (C=O) groups excluding carboxylic acids is 1. The molecule has 3 atom stereocenters. The zero-order chi connectivity index (χ0) is 15.5. The molecule has 0 N–H and O–H groups in total. The maximum Gasteiger partial charge on any atom is 0.312 e. The van der Waals surface area contributed by atoms with Gasteiger partial charge in [0.25, 0.3) is 0 Å². The number of carbonyl (C=O) groups is 1. The Balaban J connectivity index is 1.91. The van der Waals surface area contributed by atoms with E-state index in [2.05, 4.69) is 20.8 Å². The summed E-state index contributed by atoms with van der Waals surface area (Å²) in [4.78, 5) is 12.8. The second-order valence-corrected chi connectivity index (χ2v) is 8.97. The summed E-state index contributed by atoms with van der Waals surface area (Å²) in [6.45, 7) is 10.8. The fraction of sp³-hybridized carbons (Fsp3) is 0.947. The van der Waals surface area contributed by atoms with Gasteiger partial charge in [0.05, 0.1) is 5.41 Å². The molecule has 4 aliphatic rings. The first kappa shape index (κ1) is 15.4. The SMILES string of the molecule is CCC(C)(C)C(=O)OC1(CC)C2CC3CC(C2)CC1(C)C3. The van der Waals surface area contributed by atoms with Crippen LogP contribution >= 0.6 is 0 Å². The Morgan fingerprint density at radius 3 is 2.14 bits per heavy atom. The Kier molecular flexibility index (Phi) is 3.46. The largest absolute Gasteiger partial charge is 0.458 e. The van der Waals surface area contributed by atoms with Crippen molar-refractivity contribution in [2.24, 2.45) is 28.6 Å². The van der Waals surface area contributed by atoms with Gasteiger partial charge in [0.15, 0.2) is 0 Å². The normalized spacial score (nSPS) is 44.9. The van der Waals surface area contributed by atoms with Crippen LogP contribution in [0, 0.1) is 28.6 Å². The Labute approximate surface area is 130 Å². The summed E-state index contributed by atoms with van der Waals surface area (Å²) in [5, 5.41) is 0. The second kappa shape index (κ2) is 4.73. The van der Waals surface area contributed by atoms with Crippen LogP contribution in [0.2, 0.25) is 0 Å². The molecular weight excluding hydrogens is 260 g/mol. The lowest BCUT2D eigenvalue weighted by atomic mass is 9.43. The summed E-state index contributed by atoms with van der Waals surface area (Å²) in [5.41, 5.74) is -0.326. The molecule has 2 nitrogen and oxygen atoms in total. The van der Waals surface area contributed by atoms with E-state index < -0.39 is 0 Å². The molecule has 0 radical (unpaired) electrons. The Morgan fingerprint density at radius 2 is 1.71 bits per heavy atom. The molecule has 0 aromatic carbocycles. The van der Waals surface area contributed by atoms with E-state index >= 15 is 0 Å². The van der Waals surface area contributed by atoms with E-state index in [1.807, 2.05) is 13.8 Å². The van der Waals surface area contributed by atoms with Gasteiger partial charge in [0, 0.05) is 5.41 Å². The molecule has 21 heavy (non-hydrogen) atoms. The highest BCUT2D eigenvalue weighted by molar-refractivity contribution is 5.76. The first-order valence-corrected chi connectivity index (χ1v) is 9.00. The van der Waals surface area contributed by atoms with Crippen LogP contribution in [-0.4, -0.2) is 11.6 Å². The minimum absolute atomic E-state index is 0.0283. The minimum Gasteiger partial charge on any atom is -0.458 e. The van der Waals surface area contributed by atoms with Crippen LogP contribution in [-0.2, 0) is 9.53 Å². The van der Waals surface area contributed by atoms with Crippen LogP contribution < -0.4 is 0 Å². The average molecular weight is 292 g/mol. The lowest BCUT2D eigenvalue weighted by Gasteiger charge is -2.65. The molecule has 4 bridgehead atoms. The van der Waals surface area contributed by atoms with E-state index in [9.17, 15) is 4.79 Å². The summed E-state index contributed by atoms with van der Waals surface area (Å²) in [6.07, 6.45) is 8.39. The van der Waals surface area contributed by atoms with Crippen LogP contribution in [0.25, 0.3) is 0 Å². The van der Waals surface area contributed by atoms with Gasteiger partial charge in [-0.1, -0.05) is 20.8 Å². The van der Waals surface area contributed by atoms with Gasteiger partial charge < -0.3 is 4.74 Å². The summed E-state index contributed by atoms with van der Waals surface area (Å²) < 4.78 is 6.38. The minimum atomic E-state index is -0.354. The predicted octanol–water partition coefficient (Wildman–Crippen LogP) is 4.96. The third kappa shape index (κ3) is 2.08. The summed E-state index contributed by atoms with van der Waals surface area (Å²) in [6, 6.07) is 0. The maximum absolute atomic E-state index is 12.8. The predicted molar refractivity (Wildman–Crippen MR) is 84.8 cm³/mol. The molecule has 4 fully saturated rings. The lowest BCUT2D eigenvalue weighted by Crippen LogP contribution is -2.65. The smallest absolute Gasteiger partial charge is 0.312 e. The molecule has 4 saturated carbocycles. The van der Waals surface area contributed by atoms with Crippen LogP contribution in [0.5, 0.6) is 0 Å². The van der Waals surface area contributed by atoms with Crippen molar-refractivity contribution in [2.45, 2.75) is 85.2 Å². The molecule has 4 rings (SSSR count). The van der Waals surface area contributed by atoms with E-state index in [4.69, 9.17) is 4.74 Å². The molecule has 2 heteroatoms. The van der Waals surface area contributed by atoms with E-state index in [-0.39, 0.29) is 22.4 Å². The molecule has 3 unspecified atom stereocenters. The Bertz CT molecular complexity index is 425. The van der Waals surface area contributed by atoms with Crippen molar-refractivity contribution in [1.29, 1.82) is 0 Å². The number of ether oxygens (including phenoxy) is 1. The first-order valence-electron chi connectivity index (χ1n) is 9.00. The van der Waals surface area contributed by atoms with Gasteiger partial charge in [0.1, 0.15) is 5.60 Å². The van der Waals surface area contributed by atoms with Crippen LogP contribution in [0.15, 0.2) is 0 Å². The lowest BCUT2D eigenvalue weighted by molar-refractivity contribution is -0.248. The van der Waals surface area contributed by atoms with Gasteiger partial charge in [-0.3, -0.25) is 4.79 Å². The highest BCUT2D eigenvalue weighted by Gasteiger charge is 2.65. The zero-order valence-electron chi connectivity index (χ0n) is 14.5. The van der Waals surface area contributed by atoms with Gasteiger partial charge in [-0.05, 0) is 76.5 Å². The summed E-state index contributed by atoms with van der Waals surface area (Å²) in [5.74, 6) is 2.42. The fourth-order valence-corrected chi connectivity index (χ4v) is 5.92. The maximum atomic E-state index is 12.8. The van der Waals surface area contributed by atoms with E-state index in [0.29, 0.717) is 5.92 Å². The quantitative estimate of drug-likeness (QED) is 0.684. The first-order chi connectivity index (χ1) is 9.76. The fourth-order valence-electron chi connectivity index (χ4n) is 5.92. The molecule has 0 spiro atoms.